The minimum atomic E-state index is -0.442. The SMILES string of the molecule is NC(=S)C1CCCN1CC(=O)Nc1ccccc1F. The number of carbonyl (C=O) groups is 1. The topological polar surface area (TPSA) is 58.4 Å². The van der Waals surface area contributed by atoms with Crippen molar-refractivity contribution in [3.05, 3.63) is 30.1 Å². The van der Waals surface area contributed by atoms with Gasteiger partial charge in [0.15, 0.2) is 0 Å². The molecule has 0 aromatic heterocycles. The van der Waals surface area contributed by atoms with Crippen LogP contribution in [0, 0.1) is 5.82 Å². The molecule has 1 atom stereocenters. The fourth-order valence-corrected chi connectivity index (χ4v) is 2.54. The summed E-state index contributed by atoms with van der Waals surface area (Å²) in [7, 11) is 0. The molecular formula is C13H16FN3OS. The van der Waals surface area contributed by atoms with Crippen LogP contribution in [0.2, 0.25) is 0 Å². The van der Waals surface area contributed by atoms with E-state index in [9.17, 15) is 9.18 Å². The Morgan fingerprint density at radius 2 is 2.26 bits per heavy atom. The normalized spacial score (nSPS) is 19.3. The van der Waals surface area contributed by atoms with E-state index in [-0.39, 0.29) is 24.2 Å². The second-order valence-corrected chi connectivity index (χ2v) is 5.03. The molecule has 3 N–H and O–H groups in total. The van der Waals surface area contributed by atoms with Crippen molar-refractivity contribution in [2.75, 3.05) is 18.4 Å². The lowest BCUT2D eigenvalue weighted by atomic mass is 10.2. The second-order valence-electron chi connectivity index (χ2n) is 4.56. The third kappa shape index (κ3) is 3.48. The first-order valence-electron chi connectivity index (χ1n) is 6.15. The molecule has 0 bridgehead atoms. The van der Waals surface area contributed by atoms with E-state index in [4.69, 9.17) is 18.0 Å². The van der Waals surface area contributed by atoms with E-state index in [0.29, 0.717) is 4.99 Å². The summed E-state index contributed by atoms with van der Waals surface area (Å²) in [4.78, 5) is 14.2. The Bertz CT molecular complexity index is 495. The molecule has 102 valence electrons. The van der Waals surface area contributed by atoms with Gasteiger partial charge in [0.2, 0.25) is 5.91 Å². The predicted octanol–water partition coefficient (Wildman–Crippen LogP) is 1.51. The number of rotatable bonds is 4. The van der Waals surface area contributed by atoms with Crippen LogP contribution in [0.1, 0.15) is 12.8 Å². The van der Waals surface area contributed by atoms with Crippen molar-refractivity contribution in [2.45, 2.75) is 18.9 Å². The maximum absolute atomic E-state index is 13.4. The maximum atomic E-state index is 13.4. The number of halogens is 1. The van der Waals surface area contributed by atoms with E-state index in [0.717, 1.165) is 19.4 Å². The Hall–Kier alpha value is -1.53. The lowest BCUT2D eigenvalue weighted by Gasteiger charge is -2.22. The van der Waals surface area contributed by atoms with Crippen LogP contribution < -0.4 is 11.1 Å². The molecule has 1 aromatic carbocycles. The summed E-state index contributed by atoms with van der Waals surface area (Å²) in [6, 6.07) is 6.06. The second kappa shape index (κ2) is 6.08. The van der Waals surface area contributed by atoms with Crippen LogP contribution in [0.5, 0.6) is 0 Å². The van der Waals surface area contributed by atoms with Crippen LogP contribution in [-0.4, -0.2) is 34.9 Å². The van der Waals surface area contributed by atoms with Gasteiger partial charge in [0, 0.05) is 0 Å². The number of hydrogen-bond donors (Lipinski definition) is 2. The quantitative estimate of drug-likeness (QED) is 0.822. The minimum absolute atomic E-state index is 0.0265. The van der Waals surface area contributed by atoms with Gasteiger partial charge in [-0.3, -0.25) is 9.69 Å². The van der Waals surface area contributed by atoms with Gasteiger partial charge < -0.3 is 11.1 Å². The predicted molar refractivity (Wildman–Crippen MR) is 76.4 cm³/mol. The number of para-hydroxylation sites is 1. The lowest BCUT2D eigenvalue weighted by Crippen LogP contribution is -2.43. The Morgan fingerprint density at radius 1 is 1.53 bits per heavy atom. The molecule has 0 radical (unpaired) electrons. The zero-order valence-corrected chi connectivity index (χ0v) is 11.3. The molecule has 1 heterocycles. The summed E-state index contributed by atoms with van der Waals surface area (Å²) in [5, 5.41) is 2.56. The van der Waals surface area contributed by atoms with Crippen molar-refractivity contribution < 1.29 is 9.18 Å². The van der Waals surface area contributed by atoms with Crippen LogP contribution in [0.15, 0.2) is 24.3 Å². The molecule has 0 aliphatic carbocycles. The van der Waals surface area contributed by atoms with E-state index < -0.39 is 5.82 Å². The fourth-order valence-electron chi connectivity index (χ4n) is 2.27. The Morgan fingerprint density at radius 3 is 2.95 bits per heavy atom. The summed E-state index contributed by atoms with van der Waals surface area (Å²) in [5.41, 5.74) is 5.83. The molecule has 4 nitrogen and oxygen atoms in total. The molecule has 1 aliphatic heterocycles. The van der Waals surface area contributed by atoms with Gasteiger partial charge in [-0.15, -0.1) is 0 Å². The van der Waals surface area contributed by atoms with Gasteiger partial charge in [0.1, 0.15) is 5.82 Å². The number of anilines is 1. The van der Waals surface area contributed by atoms with Gasteiger partial charge in [-0.2, -0.15) is 0 Å². The van der Waals surface area contributed by atoms with E-state index in [1.54, 1.807) is 12.1 Å². The largest absolute Gasteiger partial charge is 0.392 e. The summed E-state index contributed by atoms with van der Waals surface area (Å²) in [5.74, 6) is -0.698. The van der Waals surface area contributed by atoms with E-state index in [1.807, 2.05) is 4.90 Å². The van der Waals surface area contributed by atoms with E-state index in [1.165, 1.54) is 12.1 Å². The highest BCUT2D eigenvalue weighted by atomic mass is 32.1. The lowest BCUT2D eigenvalue weighted by molar-refractivity contribution is -0.117. The van der Waals surface area contributed by atoms with Crippen molar-refractivity contribution in [1.82, 2.24) is 4.90 Å². The molecular weight excluding hydrogens is 265 g/mol. The third-order valence-electron chi connectivity index (χ3n) is 3.19. The molecule has 1 amide bonds. The van der Waals surface area contributed by atoms with Crippen molar-refractivity contribution in [3.8, 4) is 0 Å². The average Bonchev–Trinajstić information content (AvgIpc) is 2.80. The number of nitrogens with zero attached hydrogens (tertiary/aromatic N) is 1. The van der Waals surface area contributed by atoms with Gasteiger partial charge >= 0.3 is 0 Å². The molecule has 19 heavy (non-hydrogen) atoms. The van der Waals surface area contributed by atoms with Gasteiger partial charge in [-0.1, -0.05) is 24.4 Å². The molecule has 1 saturated heterocycles. The van der Waals surface area contributed by atoms with Crippen molar-refractivity contribution >= 4 is 28.8 Å². The number of thiocarbonyl (C=S) groups is 1. The fraction of sp³-hybridized carbons (Fsp3) is 0.385. The van der Waals surface area contributed by atoms with Gasteiger partial charge in [-0.25, -0.2) is 4.39 Å². The van der Waals surface area contributed by atoms with Crippen LogP contribution in [0.25, 0.3) is 0 Å². The highest BCUT2D eigenvalue weighted by Gasteiger charge is 2.28. The molecule has 6 heteroatoms. The number of benzene rings is 1. The standard InChI is InChI=1S/C13H16FN3OS/c14-9-4-1-2-5-10(9)16-12(18)8-17-7-3-6-11(17)13(15)19/h1-2,4-5,11H,3,6-8H2,(H2,15,19)(H,16,18). The van der Waals surface area contributed by atoms with Crippen LogP contribution >= 0.6 is 12.2 Å². The number of likely N-dealkylation sites (tertiary alicyclic amines) is 1. The number of nitrogens with two attached hydrogens (primary N) is 1. The molecule has 0 saturated carbocycles. The van der Waals surface area contributed by atoms with E-state index in [2.05, 4.69) is 5.32 Å². The summed E-state index contributed by atoms with van der Waals surface area (Å²) >= 11 is 4.98. The van der Waals surface area contributed by atoms with Gasteiger partial charge in [-0.05, 0) is 31.5 Å². The third-order valence-corrected chi connectivity index (χ3v) is 3.46. The zero-order chi connectivity index (χ0) is 13.8. The molecule has 1 fully saturated rings. The van der Waals surface area contributed by atoms with Crippen LogP contribution in [0.3, 0.4) is 0 Å². The first-order valence-corrected chi connectivity index (χ1v) is 6.56. The van der Waals surface area contributed by atoms with Gasteiger partial charge in [0.25, 0.3) is 0 Å². The van der Waals surface area contributed by atoms with E-state index >= 15 is 0 Å². The summed E-state index contributed by atoms with van der Waals surface area (Å²) in [6.07, 6.45) is 1.84. The summed E-state index contributed by atoms with van der Waals surface area (Å²) in [6.45, 7) is 0.961. The highest BCUT2D eigenvalue weighted by Crippen LogP contribution is 2.18. The Kier molecular flexibility index (Phi) is 4.44. The average molecular weight is 281 g/mol. The van der Waals surface area contributed by atoms with Crippen LogP contribution in [0.4, 0.5) is 10.1 Å². The summed E-state index contributed by atoms with van der Waals surface area (Å²) < 4.78 is 13.4. The zero-order valence-electron chi connectivity index (χ0n) is 10.4. The number of nitrogens with one attached hydrogen (secondary N) is 1. The Balaban J connectivity index is 1.95. The maximum Gasteiger partial charge on any atom is 0.238 e. The highest BCUT2D eigenvalue weighted by molar-refractivity contribution is 7.80. The monoisotopic (exact) mass is 281 g/mol. The smallest absolute Gasteiger partial charge is 0.238 e. The molecule has 1 unspecified atom stereocenters. The molecule has 0 spiro atoms. The molecule has 1 aliphatic rings. The van der Waals surface area contributed by atoms with Crippen molar-refractivity contribution in [2.24, 2.45) is 5.73 Å². The van der Waals surface area contributed by atoms with Crippen molar-refractivity contribution in [1.29, 1.82) is 0 Å². The Labute approximate surface area is 116 Å². The number of carbonyl (C=O) groups excluding carboxylic acids is 1. The first kappa shape index (κ1) is 13.9. The molecule has 2 rings (SSSR count). The number of amides is 1. The minimum Gasteiger partial charge on any atom is -0.392 e. The van der Waals surface area contributed by atoms with Gasteiger partial charge in [0.05, 0.1) is 23.3 Å². The van der Waals surface area contributed by atoms with Crippen molar-refractivity contribution in [3.63, 3.8) is 0 Å². The number of hydrogen-bond acceptors (Lipinski definition) is 3. The molecule has 1 aromatic rings. The van der Waals surface area contributed by atoms with Crippen LogP contribution in [-0.2, 0) is 4.79 Å². The first-order chi connectivity index (χ1) is 9.08.